The molecular weight excluding hydrogens is 616 g/mol. The van der Waals surface area contributed by atoms with E-state index < -0.39 is 36.4 Å². The van der Waals surface area contributed by atoms with Crippen LogP contribution in [0.2, 0.25) is 0 Å². The molecule has 1 N–H and O–H groups in total. The summed E-state index contributed by atoms with van der Waals surface area (Å²) >= 11 is 0. The fourth-order valence-corrected chi connectivity index (χ4v) is 6.46. The summed E-state index contributed by atoms with van der Waals surface area (Å²) in [5.41, 5.74) is -2.63. The van der Waals surface area contributed by atoms with E-state index in [9.17, 15) is 24.6 Å². The second-order valence-corrected chi connectivity index (χ2v) is 14.7. The lowest BCUT2D eigenvalue weighted by Gasteiger charge is -2.27. The first-order chi connectivity index (χ1) is 23.9. The van der Waals surface area contributed by atoms with Crippen molar-refractivity contribution >= 4 is 17.9 Å². The van der Waals surface area contributed by atoms with E-state index in [2.05, 4.69) is 13.8 Å². The molecule has 0 aliphatic rings. The van der Waals surface area contributed by atoms with Gasteiger partial charge < -0.3 is 24.5 Å². The number of carbonyl (C=O) groups excluding carboxylic acids is 3. The Hall–Kier alpha value is -1.63. The minimum Gasteiger partial charge on any atom is -0.547 e. The monoisotopic (exact) mass is 696 g/mol. The van der Waals surface area contributed by atoms with Crippen LogP contribution in [0, 0.1) is 0 Å². The topological polar surface area (TPSA) is 113 Å². The Morgan fingerprint density at radius 2 is 0.612 bits per heavy atom. The Morgan fingerprint density at radius 3 is 0.816 bits per heavy atom. The Bertz CT molecular complexity index is 701. The fourth-order valence-electron chi connectivity index (χ4n) is 6.46. The third-order valence-corrected chi connectivity index (χ3v) is 9.78. The van der Waals surface area contributed by atoms with Crippen molar-refractivity contribution in [1.29, 1.82) is 0 Å². The molecule has 0 rings (SSSR count). The molecule has 0 saturated heterocycles. The molecule has 0 aliphatic carbocycles. The molecule has 0 spiro atoms. The maximum atomic E-state index is 12.2. The molecule has 0 aromatic rings. The van der Waals surface area contributed by atoms with Gasteiger partial charge in [0.15, 0.2) is 0 Å². The van der Waals surface area contributed by atoms with Crippen LogP contribution in [0.1, 0.15) is 232 Å². The van der Waals surface area contributed by atoms with Crippen molar-refractivity contribution in [2.24, 2.45) is 0 Å². The van der Waals surface area contributed by atoms with Crippen LogP contribution in [-0.2, 0) is 23.9 Å². The number of carbonyl (C=O) groups is 3. The normalized spacial score (nSPS) is 11.6. The van der Waals surface area contributed by atoms with E-state index >= 15 is 0 Å². The van der Waals surface area contributed by atoms with E-state index in [1.165, 1.54) is 154 Å². The average Bonchev–Trinajstić information content (AvgIpc) is 3.07. The number of aliphatic carboxylic acids is 1. The predicted octanol–water partition coefficient (Wildman–Crippen LogP) is 10.9. The number of ether oxygens (including phenoxy) is 2. The van der Waals surface area contributed by atoms with Crippen LogP contribution in [-0.4, -0.2) is 41.8 Å². The summed E-state index contributed by atoms with van der Waals surface area (Å²) in [4.78, 5) is 36.0. The van der Waals surface area contributed by atoms with Gasteiger partial charge in [0.05, 0.1) is 32.0 Å². The number of rotatable bonds is 39. The molecule has 7 nitrogen and oxygen atoms in total. The molecule has 0 radical (unpaired) electrons. The fraction of sp³-hybridized carbons (Fsp3) is 0.929. The van der Waals surface area contributed by atoms with Crippen LogP contribution >= 0.6 is 0 Å². The SMILES string of the molecule is CCCCCCCCCCCCCCCCCCOC(=O)CC(O)(CC(=O)OCCCCCCCCCCCCCCCCCC)C(=O)[O-]. The molecule has 0 heterocycles. The van der Waals surface area contributed by atoms with E-state index in [0.29, 0.717) is 12.8 Å². The summed E-state index contributed by atoms with van der Waals surface area (Å²) in [6.45, 7) is 4.86. The molecule has 0 saturated carbocycles. The van der Waals surface area contributed by atoms with Gasteiger partial charge in [-0.3, -0.25) is 9.59 Å². The molecule has 0 atom stereocenters. The van der Waals surface area contributed by atoms with Crippen molar-refractivity contribution in [1.82, 2.24) is 0 Å². The summed E-state index contributed by atoms with van der Waals surface area (Å²) < 4.78 is 10.3. The van der Waals surface area contributed by atoms with Crippen LogP contribution in [0.5, 0.6) is 0 Å². The minimum atomic E-state index is -2.63. The first kappa shape index (κ1) is 47.4. The molecule has 0 fully saturated rings. The van der Waals surface area contributed by atoms with Gasteiger partial charge in [-0.2, -0.15) is 0 Å². The van der Waals surface area contributed by atoms with E-state index in [0.717, 1.165) is 38.5 Å². The largest absolute Gasteiger partial charge is 0.547 e. The highest BCUT2D eigenvalue weighted by atomic mass is 16.5. The highest BCUT2D eigenvalue weighted by Gasteiger charge is 2.36. The number of aliphatic hydroxyl groups is 1. The summed E-state index contributed by atoms with van der Waals surface area (Å²) in [6.07, 6.45) is 38.3. The van der Waals surface area contributed by atoms with Gasteiger partial charge in [-0.1, -0.05) is 206 Å². The summed E-state index contributed by atoms with van der Waals surface area (Å²) in [7, 11) is 0. The zero-order chi connectivity index (χ0) is 36.1. The quantitative estimate of drug-likeness (QED) is 0.0503. The van der Waals surface area contributed by atoms with Crippen LogP contribution in [0.3, 0.4) is 0 Å². The molecule has 0 bridgehead atoms. The van der Waals surface area contributed by atoms with Crippen molar-refractivity contribution in [3.63, 3.8) is 0 Å². The number of unbranched alkanes of at least 4 members (excludes halogenated alkanes) is 30. The molecular formula is C42H79O7-. The van der Waals surface area contributed by atoms with Gasteiger partial charge in [-0.05, 0) is 12.8 Å². The smallest absolute Gasteiger partial charge is 0.309 e. The second-order valence-electron chi connectivity index (χ2n) is 14.7. The molecule has 49 heavy (non-hydrogen) atoms. The van der Waals surface area contributed by atoms with Crippen molar-refractivity contribution in [3.05, 3.63) is 0 Å². The average molecular weight is 696 g/mol. The molecule has 0 aromatic heterocycles. The number of carboxylic acids is 1. The number of carboxylic acid groups (broad SMARTS) is 1. The summed E-state index contributed by atoms with van der Waals surface area (Å²) in [6, 6.07) is 0. The maximum absolute atomic E-state index is 12.2. The Kier molecular flexibility index (Phi) is 35.0. The standard InChI is InChI=1S/C42H80O7/c1-3-5-7-9-11-13-15-17-19-21-23-25-27-29-31-33-35-48-39(43)37-42(47,41(45)46)38-40(44)49-36-34-32-30-28-26-24-22-20-18-16-14-12-10-8-6-4-2/h47H,3-38H2,1-2H3,(H,45,46)/p-1. The van der Waals surface area contributed by atoms with Crippen molar-refractivity contribution < 1.29 is 34.1 Å². The number of esters is 2. The van der Waals surface area contributed by atoms with E-state index in [4.69, 9.17) is 9.47 Å². The van der Waals surface area contributed by atoms with Crippen LogP contribution in [0.4, 0.5) is 0 Å². The molecule has 0 aromatic carbocycles. The van der Waals surface area contributed by atoms with Gasteiger partial charge in [0.1, 0.15) is 5.60 Å². The number of hydrogen-bond donors (Lipinski definition) is 1. The lowest BCUT2D eigenvalue weighted by molar-refractivity contribution is -0.325. The number of hydrogen-bond acceptors (Lipinski definition) is 7. The third-order valence-electron chi connectivity index (χ3n) is 9.78. The molecule has 7 heteroatoms. The zero-order valence-electron chi connectivity index (χ0n) is 32.4. The minimum absolute atomic E-state index is 0.171. The molecule has 0 amide bonds. The molecule has 290 valence electrons. The summed E-state index contributed by atoms with van der Waals surface area (Å²) in [5, 5.41) is 22.0. The Balaban J connectivity index is 3.71. The van der Waals surface area contributed by atoms with Crippen molar-refractivity contribution in [2.75, 3.05) is 13.2 Å². The van der Waals surface area contributed by atoms with E-state index in [-0.39, 0.29) is 13.2 Å². The van der Waals surface area contributed by atoms with Crippen LogP contribution < -0.4 is 5.11 Å². The zero-order valence-corrected chi connectivity index (χ0v) is 32.4. The first-order valence-electron chi connectivity index (χ1n) is 21.1. The maximum Gasteiger partial charge on any atom is 0.309 e. The van der Waals surface area contributed by atoms with Gasteiger partial charge in [-0.15, -0.1) is 0 Å². The Labute approximate surface area is 302 Å². The second kappa shape index (κ2) is 36.2. The molecule has 0 unspecified atom stereocenters. The lowest BCUT2D eigenvalue weighted by Crippen LogP contribution is -2.51. The van der Waals surface area contributed by atoms with Crippen molar-refractivity contribution in [3.8, 4) is 0 Å². The first-order valence-corrected chi connectivity index (χ1v) is 21.1. The van der Waals surface area contributed by atoms with E-state index in [1.807, 2.05) is 0 Å². The van der Waals surface area contributed by atoms with Gasteiger partial charge >= 0.3 is 11.9 Å². The predicted molar refractivity (Wildman–Crippen MR) is 200 cm³/mol. The molecule has 0 aliphatic heterocycles. The summed E-state index contributed by atoms with van der Waals surface area (Å²) in [5.74, 6) is -3.57. The van der Waals surface area contributed by atoms with Gasteiger partial charge in [-0.25, -0.2) is 0 Å². The van der Waals surface area contributed by atoms with Gasteiger partial charge in [0.25, 0.3) is 0 Å². The van der Waals surface area contributed by atoms with Gasteiger partial charge in [0, 0.05) is 0 Å². The van der Waals surface area contributed by atoms with Crippen molar-refractivity contribution in [2.45, 2.75) is 238 Å². The lowest BCUT2D eigenvalue weighted by atomic mass is 9.96. The highest BCUT2D eigenvalue weighted by Crippen LogP contribution is 2.19. The van der Waals surface area contributed by atoms with E-state index in [1.54, 1.807) is 0 Å². The Morgan fingerprint density at radius 1 is 0.408 bits per heavy atom. The van der Waals surface area contributed by atoms with Crippen LogP contribution in [0.25, 0.3) is 0 Å². The van der Waals surface area contributed by atoms with Crippen LogP contribution in [0.15, 0.2) is 0 Å². The third kappa shape index (κ3) is 33.3. The highest BCUT2D eigenvalue weighted by molar-refractivity contribution is 5.87. The van der Waals surface area contributed by atoms with Gasteiger partial charge in [0.2, 0.25) is 0 Å².